The zero-order chi connectivity index (χ0) is 40.5. The molecule has 3 N–H and O–H groups in total. The number of hydrogen-bond acceptors (Lipinski definition) is 12. The molecule has 0 aromatic rings. The average Bonchev–Trinajstić information content (AvgIpc) is 3.11. The number of cyclic esters (lactones) is 1. The lowest BCUT2D eigenvalue weighted by Gasteiger charge is -2.56. The number of terminal acetylenes is 1. The van der Waals surface area contributed by atoms with Gasteiger partial charge in [0.2, 0.25) is 0 Å². The van der Waals surface area contributed by atoms with Crippen LogP contribution in [0.1, 0.15) is 115 Å². The van der Waals surface area contributed by atoms with E-state index in [1.54, 1.807) is 6.92 Å². The Morgan fingerprint density at radius 1 is 1.02 bits per heavy atom. The second-order valence-electron chi connectivity index (χ2n) is 18.2. The molecule has 4 aliphatic heterocycles. The Morgan fingerprint density at radius 3 is 2.30 bits per heavy atom. The van der Waals surface area contributed by atoms with Crippen LogP contribution in [0.5, 0.6) is 0 Å². The maximum absolute atomic E-state index is 14.3. The van der Waals surface area contributed by atoms with Gasteiger partial charge in [0.05, 0.1) is 42.0 Å². The first-order valence-electron chi connectivity index (χ1n) is 20.6. The van der Waals surface area contributed by atoms with E-state index in [9.17, 15) is 20.1 Å². The fourth-order valence-corrected chi connectivity index (χ4v) is 9.85. The van der Waals surface area contributed by atoms with Crippen LogP contribution in [0, 0.1) is 35.5 Å². The molecule has 0 aliphatic carbocycles. The molecule has 312 valence electrons. The maximum atomic E-state index is 14.3. The number of aliphatic hydroxyl groups is 3. The molecule has 18 atom stereocenters. The summed E-state index contributed by atoms with van der Waals surface area (Å²) in [4.78, 5) is 18.6. The SMILES string of the molecule is C#CCCN(C)[C@H]1C[C@@H](C)O[C@H]2O[C@@H]3[C@@H](C)C(OC4C[C@@](C)(CC)[C@@H](O)[C@H](C)O4)[C@@H](C)C(=O)O[C@H](CC)[C@@](C)(O)[C@H](O)[C@@H](C)N(C)C[C@H](C)C[C@@]3(C)O[C@@H]21. The van der Waals surface area contributed by atoms with Gasteiger partial charge in [0.1, 0.15) is 23.9 Å². The van der Waals surface area contributed by atoms with Gasteiger partial charge < -0.3 is 48.6 Å². The van der Waals surface area contributed by atoms with Crippen molar-refractivity contribution in [1.29, 1.82) is 0 Å². The van der Waals surface area contributed by atoms with E-state index >= 15 is 0 Å². The van der Waals surface area contributed by atoms with Crippen molar-refractivity contribution in [1.82, 2.24) is 9.80 Å². The Morgan fingerprint density at radius 2 is 1.69 bits per heavy atom. The molecule has 0 aromatic heterocycles. The van der Waals surface area contributed by atoms with Crippen molar-refractivity contribution in [2.75, 3.05) is 27.2 Å². The first-order valence-corrected chi connectivity index (χ1v) is 20.6. The number of nitrogens with zero attached hydrogens (tertiary/aromatic N) is 2. The molecule has 2 unspecified atom stereocenters. The third kappa shape index (κ3) is 9.49. The average molecular weight is 767 g/mol. The van der Waals surface area contributed by atoms with Crippen molar-refractivity contribution in [3.63, 3.8) is 0 Å². The summed E-state index contributed by atoms with van der Waals surface area (Å²) >= 11 is 0. The van der Waals surface area contributed by atoms with Crippen LogP contribution < -0.4 is 0 Å². The zero-order valence-electron chi connectivity index (χ0n) is 35.5. The van der Waals surface area contributed by atoms with Crippen molar-refractivity contribution in [3.05, 3.63) is 0 Å². The fourth-order valence-electron chi connectivity index (χ4n) is 9.85. The number of ether oxygens (including phenoxy) is 6. The summed E-state index contributed by atoms with van der Waals surface area (Å²) < 4.78 is 40.3. The number of carbonyl (C=O) groups excluding carboxylic acids is 1. The highest BCUT2D eigenvalue weighted by molar-refractivity contribution is 5.73. The van der Waals surface area contributed by atoms with Crippen LogP contribution in [-0.2, 0) is 33.2 Å². The minimum Gasteiger partial charge on any atom is -0.459 e. The lowest BCUT2D eigenvalue weighted by molar-refractivity contribution is -0.377. The number of rotatable bonds is 7. The van der Waals surface area contributed by atoms with Gasteiger partial charge in [0.25, 0.3) is 0 Å². The lowest BCUT2D eigenvalue weighted by Crippen LogP contribution is -2.68. The topological polar surface area (TPSA) is 140 Å². The van der Waals surface area contributed by atoms with Gasteiger partial charge in [0.15, 0.2) is 12.6 Å². The Kier molecular flexibility index (Phi) is 15.2. The third-order valence-electron chi connectivity index (χ3n) is 13.6. The number of hydrogen-bond donors (Lipinski definition) is 3. The van der Waals surface area contributed by atoms with E-state index in [2.05, 4.69) is 31.7 Å². The van der Waals surface area contributed by atoms with Crippen LogP contribution in [0.25, 0.3) is 0 Å². The van der Waals surface area contributed by atoms with Crippen molar-refractivity contribution in [2.24, 2.45) is 23.2 Å². The monoisotopic (exact) mass is 767 g/mol. The molecule has 0 spiro atoms. The molecule has 4 fully saturated rings. The van der Waals surface area contributed by atoms with Crippen LogP contribution in [0.3, 0.4) is 0 Å². The Balaban J connectivity index is 1.82. The molecule has 0 amide bonds. The van der Waals surface area contributed by atoms with E-state index in [1.807, 2.05) is 60.4 Å². The second kappa shape index (κ2) is 18.0. The Bertz CT molecular complexity index is 1280. The van der Waals surface area contributed by atoms with Gasteiger partial charge in [-0.15, -0.1) is 12.3 Å². The predicted molar refractivity (Wildman–Crippen MR) is 206 cm³/mol. The summed E-state index contributed by atoms with van der Waals surface area (Å²) in [5.74, 6) is 0.967. The van der Waals surface area contributed by atoms with E-state index in [-0.39, 0.29) is 18.1 Å². The molecule has 0 bridgehead atoms. The Hall–Kier alpha value is -1.37. The van der Waals surface area contributed by atoms with Crippen LogP contribution in [0.2, 0.25) is 0 Å². The van der Waals surface area contributed by atoms with Gasteiger partial charge in [-0.05, 0) is 87.2 Å². The van der Waals surface area contributed by atoms with Crippen molar-refractivity contribution >= 4 is 5.97 Å². The molecule has 0 radical (unpaired) electrons. The largest absolute Gasteiger partial charge is 0.459 e. The van der Waals surface area contributed by atoms with Crippen molar-refractivity contribution < 1.29 is 48.5 Å². The van der Waals surface area contributed by atoms with E-state index in [0.29, 0.717) is 45.2 Å². The number of aliphatic hydroxyl groups excluding tert-OH is 2. The summed E-state index contributed by atoms with van der Waals surface area (Å²) in [5, 5.41) is 34.5. The van der Waals surface area contributed by atoms with Gasteiger partial charge in [-0.2, -0.15) is 0 Å². The molecular weight excluding hydrogens is 692 g/mol. The molecule has 0 aromatic carbocycles. The molecule has 54 heavy (non-hydrogen) atoms. The van der Waals surface area contributed by atoms with Gasteiger partial charge in [-0.3, -0.25) is 9.69 Å². The van der Waals surface area contributed by atoms with E-state index < -0.39 is 95.8 Å². The smallest absolute Gasteiger partial charge is 0.311 e. The van der Waals surface area contributed by atoms with Gasteiger partial charge >= 0.3 is 5.97 Å². The molecular formula is C42H74N2O10. The number of likely N-dealkylation sites (N-methyl/N-ethyl adjacent to an activating group) is 2. The van der Waals surface area contributed by atoms with Gasteiger partial charge in [0, 0.05) is 49.3 Å². The van der Waals surface area contributed by atoms with Crippen molar-refractivity contribution in [2.45, 2.75) is 199 Å². The van der Waals surface area contributed by atoms with Crippen LogP contribution in [0.15, 0.2) is 0 Å². The van der Waals surface area contributed by atoms with E-state index in [0.717, 1.165) is 6.42 Å². The third-order valence-corrected chi connectivity index (χ3v) is 13.6. The number of carbonyl (C=O) groups is 1. The van der Waals surface area contributed by atoms with Crippen LogP contribution >= 0.6 is 0 Å². The minimum absolute atomic E-state index is 0.00521. The molecule has 4 aliphatic rings. The van der Waals surface area contributed by atoms with Gasteiger partial charge in [-0.25, -0.2) is 0 Å². The van der Waals surface area contributed by atoms with Gasteiger partial charge in [-0.1, -0.05) is 34.6 Å². The quantitative estimate of drug-likeness (QED) is 0.251. The summed E-state index contributed by atoms with van der Waals surface area (Å²) in [7, 11) is 4.01. The minimum atomic E-state index is -1.74. The molecule has 4 rings (SSSR count). The standard InChI is InChI=1S/C42H74N2O10/c1-15-18-19-43(13)30-20-25(5)49-39-34(30)54-41(11)21-24(4)23-44(14)28(8)35(45)42(12,48)31(16-2)51-38(47)27(7)33(26(6)37(41)53-39)52-32-22-40(10,17-3)36(46)29(9)50-32/h1,24-37,39,45-46,48H,16-23H2,2-14H3/t24-,25-,26+,27-,28-,29+,30+,31-,32?,33?,34-,35-,36+,37-,39+,40-,41-,42-/m1/s1. The van der Waals surface area contributed by atoms with Crippen LogP contribution in [0.4, 0.5) is 0 Å². The highest BCUT2D eigenvalue weighted by atomic mass is 16.7. The maximum Gasteiger partial charge on any atom is 0.311 e. The van der Waals surface area contributed by atoms with E-state index in [1.165, 1.54) is 6.92 Å². The number of fused-ring (bicyclic) bond motifs is 2. The fraction of sp³-hybridized carbons (Fsp3) is 0.929. The first-order chi connectivity index (χ1) is 25.1. The zero-order valence-corrected chi connectivity index (χ0v) is 35.5. The molecule has 4 heterocycles. The summed E-state index contributed by atoms with van der Waals surface area (Å²) in [6, 6.07) is -0.463. The molecule has 12 heteroatoms. The summed E-state index contributed by atoms with van der Waals surface area (Å²) in [6.07, 6.45) is 2.41. The Labute approximate surface area is 325 Å². The normalized spacial score (nSPS) is 48.8. The lowest BCUT2D eigenvalue weighted by atomic mass is 9.74. The van der Waals surface area contributed by atoms with E-state index in [4.69, 9.17) is 34.8 Å². The second-order valence-corrected chi connectivity index (χ2v) is 18.2. The highest BCUT2D eigenvalue weighted by Crippen LogP contribution is 2.46. The molecule has 12 nitrogen and oxygen atoms in total. The number of esters is 1. The summed E-state index contributed by atoms with van der Waals surface area (Å²) in [5.41, 5.74) is -3.07. The summed E-state index contributed by atoms with van der Waals surface area (Å²) in [6.45, 7) is 22.6. The molecule has 0 saturated carbocycles. The predicted octanol–water partition coefficient (Wildman–Crippen LogP) is 4.35. The highest BCUT2D eigenvalue weighted by Gasteiger charge is 2.57. The van der Waals surface area contributed by atoms with Crippen LogP contribution in [-0.4, -0.2) is 143 Å². The molecule has 4 saturated heterocycles. The first kappa shape index (κ1) is 45.3. The van der Waals surface area contributed by atoms with Crippen molar-refractivity contribution in [3.8, 4) is 12.3 Å².